The van der Waals surface area contributed by atoms with E-state index in [4.69, 9.17) is 4.43 Å². The molecule has 0 aliphatic rings. The molecule has 0 aromatic heterocycles. The number of rotatable bonds is 19. The van der Waals surface area contributed by atoms with Gasteiger partial charge in [0, 0.05) is 6.61 Å². The summed E-state index contributed by atoms with van der Waals surface area (Å²) in [4.78, 5) is 7.83. The van der Waals surface area contributed by atoms with Gasteiger partial charge >= 0.3 is 0 Å². The van der Waals surface area contributed by atoms with Gasteiger partial charge in [0.25, 0.3) is 0 Å². The molecule has 0 spiro atoms. The number of hydrogen-bond acceptors (Lipinski definition) is 4. The lowest BCUT2D eigenvalue weighted by atomic mass is 10.3. The largest absolute Gasteiger partial charge is 0.417 e. The van der Waals surface area contributed by atoms with Crippen LogP contribution in [0, 0.1) is 0 Å². The Balaban J connectivity index is 4.64. The van der Waals surface area contributed by atoms with Gasteiger partial charge in [-0.3, -0.25) is 0 Å². The summed E-state index contributed by atoms with van der Waals surface area (Å²) >= 11 is 0. The van der Waals surface area contributed by atoms with Crippen molar-refractivity contribution in [1.29, 1.82) is 0 Å². The van der Waals surface area contributed by atoms with Gasteiger partial charge < -0.3 is 19.1 Å². The molecule has 0 heterocycles. The van der Waals surface area contributed by atoms with Gasteiger partial charge in [-0.25, -0.2) is 0 Å². The predicted octanol–water partition coefficient (Wildman–Crippen LogP) is 4.77. The molecule has 0 aliphatic heterocycles. The van der Waals surface area contributed by atoms with E-state index < -0.39 is 8.32 Å². The van der Waals surface area contributed by atoms with Gasteiger partial charge in [-0.15, -0.1) is 0 Å². The second-order valence-corrected chi connectivity index (χ2v) is 12.2. The van der Waals surface area contributed by atoms with E-state index in [0.29, 0.717) is 0 Å². The van der Waals surface area contributed by atoms with Crippen LogP contribution in [-0.2, 0) is 4.43 Å². The summed E-state index contributed by atoms with van der Waals surface area (Å²) in [5, 5.41) is 0. The Morgan fingerprint density at radius 1 is 0.556 bits per heavy atom. The lowest BCUT2D eigenvalue weighted by Crippen LogP contribution is -2.42. The fourth-order valence-electron chi connectivity index (χ4n) is 4.00. The molecule has 4 nitrogen and oxygen atoms in total. The molecule has 0 amide bonds. The highest BCUT2D eigenvalue weighted by Crippen LogP contribution is 2.22. The van der Waals surface area contributed by atoms with Crippen LogP contribution in [0.1, 0.15) is 61.3 Å². The standard InChI is InChI=1S/C22H51N3OSi/c1-8-23(9-2)17-15-19-25(20-16-18-24(10-3)11-4)21-22-27(13-6,14-7)26-12-5/h8-22H2,1-7H3. The molecular weight excluding hydrogens is 350 g/mol. The Hall–Kier alpha value is 0.0569. The molecule has 164 valence electrons. The zero-order valence-electron chi connectivity index (χ0n) is 19.9. The maximum Gasteiger partial charge on any atom is 0.193 e. The van der Waals surface area contributed by atoms with E-state index >= 15 is 0 Å². The van der Waals surface area contributed by atoms with Crippen LogP contribution in [0.25, 0.3) is 0 Å². The highest BCUT2D eigenvalue weighted by Gasteiger charge is 2.30. The molecule has 0 fully saturated rings. The SMILES string of the molecule is CCO[Si](CC)(CC)CCN(CCCN(CC)CC)CCCN(CC)CC. The predicted molar refractivity (Wildman–Crippen MR) is 124 cm³/mol. The average molecular weight is 402 g/mol. The topological polar surface area (TPSA) is 19.0 Å². The van der Waals surface area contributed by atoms with Crippen molar-refractivity contribution in [3.05, 3.63) is 0 Å². The molecule has 0 saturated carbocycles. The van der Waals surface area contributed by atoms with Crippen molar-refractivity contribution < 1.29 is 4.43 Å². The molecule has 0 atom stereocenters. The molecule has 0 saturated heterocycles. The minimum absolute atomic E-state index is 0.887. The zero-order valence-corrected chi connectivity index (χ0v) is 20.9. The van der Waals surface area contributed by atoms with Crippen LogP contribution in [-0.4, -0.2) is 88.5 Å². The van der Waals surface area contributed by atoms with Crippen LogP contribution in [0.15, 0.2) is 0 Å². The van der Waals surface area contributed by atoms with Gasteiger partial charge in [-0.2, -0.15) is 0 Å². The summed E-state index contributed by atoms with van der Waals surface area (Å²) in [6.45, 7) is 27.7. The first-order valence-electron chi connectivity index (χ1n) is 11.8. The van der Waals surface area contributed by atoms with Crippen molar-refractivity contribution in [2.24, 2.45) is 0 Å². The second kappa shape index (κ2) is 17.0. The first kappa shape index (κ1) is 27.1. The van der Waals surface area contributed by atoms with Crippen LogP contribution >= 0.6 is 0 Å². The molecule has 27 heavy (non-hydrogen) atoms. The van der Waals surface area contributed by atoms with Crippen molar-refractivity contribution in [2.75, 3.05) is 65.5 Å². The van der Waals surface area contributed by atoms with Crippen LogP contribution in [0.3, 0.4) is 0 Å². The minimum Gasteiger partial charge on any atom is -0.417 e. The molecular formula is C22H51N3OSi. The molecule has 0 aliphatic carbocycles. The summed E-state index contributed by atoms with van der Waals surface area (Å²) < 4.78 is 6.33. The summed E-state index contributed by atoms with van der Waals surface area (Å²) in [5.41, 5.74) is 0. The minimum atomic E-state index is -1.52. The lowest BCUT2D eigenvalue weighted by molar-refractivity contribution is 0.220. The second-order valence-electron chi connectivity index (χ2n) is 7.68. The van der Waals surface area contributed by atoms with Crippen molar-refractivity contribution >= 4 is 8.32 Å². The number of nitrogens with zero attached hydrogens (tertiary/aromatic N) is 3. The fraction of sp³-hybridized carbons (Fsp3) is 1.00. The molecule has 0 bridgehead atoms. The van der Waals surface area contributed by atoms with Gasteiger partial charge in [0.15, 0.2) is 8.32 Å². The van der Waals surface area contributed by atoms with E-state index in [9.17, 15) is 0 Å². The Labute approximate surface area is 172 Å². The highest BCUT2D eigenvalue weighted by molar-refractivity contribution is 6.73. The quantitative estimate of drug-likeness (QED) is 0.290. The van der Waals surface area contributed by atoms with E-state index in [-0.39, 0.29) is 0 Å². The van der Waals surface area contributed by atoms with Crippen LogP contribution in [0.5, 0.6) is 0 Å². The Kier molecular flexibility index (Phi) is 17.0. The summed E-state index contributed by atoms with van der Waals surface area (Å²) in [6.07, 6.45) is 2.57. The molecule has 0 radical (unpaired) electrons. The van der Waals surface area contributed by atoms with Gasteiger partial charge in [-0.1, -0.05) is 41.5 Å². The number of hydrogen-bond donors (Lipinski definition) is 0. The van der Waals surface area contributed by atoms with E-state index in [1.807, 2.05) is 0 Å². The normalized spacial score (nSPS) is 12.7. The molecule has 0 aromatic carbocycles. The van der Waals surface area contributed by atoms with E-state index in [1.165, 1.54) is 89.9 Å². The molecule has 0 unspecified atom stereocenters. The Morgan fingerprint density at radius 2 is 0.963 bits per heavy atom. The average Bonchev–Trinajstić information content (AvgIpc) is 2.71. The Bertz CT molecular complexity index is 301. The third-order valence-corrected chi connectivity index (χ3v) is 10.9. The van der Waals surface area contributed by atoms with Crippen molar-refractivity contribution in [3.8, 4) is 0 Å². The van der Waals surface area contributed by atoms with Crippen LogP contribution in [0.4, 0.5) is 0 Å². The maximum atomic E-state index is 6.33. The highest BCUT2D eigenvalue weighted by atomic mass is 28.4. The van der Waals surface area contributed by atoms with E-state index in [1.54, 1.807) is 0 Å². The van der Waals surface area contributed by atoms with Crippen molar-refractivity contribution in [2.45, 2.75) is 79.4 Å². The first-order valence-corrected chi connectivity index (χ1v) is 14.4. The summed E-state index contributed by atoms with van der Waals surface area (Å²) in [6, 6.07) is 3.80. The van der Waals surface area contributed by atoms with E-state index in [0.717, 1.165) is 6.61 Å². The van der Waals surface area contributed by atoms with Gasteiger partial charge in [-0.05, 0) is 96.8 Å². The summed E-state index contributed by atoms with van der Waals surface area (Å²) in [5.74, 6) is 0. The Morgan fingerprint density at radius 3 is 1.30 bits per heavy atom. The van der Waals surface area contributed by atoms with Crippen LogP contribution in [0.2, 0.25) is 18.1 Å². The van der Waals surface area contributed by atoms with Gasteiger partial charge in [0.1, 0.15) is 0 Å². The lowest BCUT2D eigenvalue weighted by Gasteiger charge is -2.32. The third-order valence-electron chi connectivity index (χ3n) is 6.31. The molecule has 5 heteroatoms. The molecule has 0 aromatic rings. The van der Waals surface area contributed by atoms with Gasteiger partial charge in [0.2, 0.25) is 0 Å². The summed E-state index contributed by atoms with van der Waals surface area (Å²) in [7, 11) is -1.52. The molecule has 0 N–H and O–H groups in total. The van der Waals surface area contributed by atoms with Crippen molar-refractivity contribution in [1.82, 2.24) is 14.7 Å². The fourth-order valence-corrected chi connectivity index (χ4v) is 7.09. The van der Waals surface area contributed by atoms with Gasteiger partial charge in [0.05, 0.1) is 0 Å². The smallest absolute Gasteiger partial charge is 0.193 e. The zero-order chi connectivity index (χ0) is 20.5. The molecule has 0 rings (SSSR count). The van der Waals surface area contributed by atoms with E-state index in [2.05, 4.69) is 63.2 Å². The maximum absolute atomic E-state index is 6.33. The van der Waals surface area contributed by atoms with Crippen molar-refractivity contribution in [3.63, 3.8) is 0 Å². The first-order chi connectivity index (χ1) is 13.0. The van der Waals surface area contributed by atoms with Crippen LogP contribution < -0.4 is 0 Å². The third kappa shape index (κ3) is 11.6. The monoisotopic (exact) mass is 401 g/mol.